The molecule has 0 aromatic rings. The highest BCUT2D eigenvalue weighted by Crippen LogP contribution is 2.58. The Bertz CT molecular complexity index is 231. The molecule has 1 heteroatoms. The summed E-state index contributed by atoms with van der Waals surface area (Å²) < 4.78 is 5.74. The number of rotatable bonds is 0. The zero-order valence-corrected chi connectivity index (χ0v) is 7.96. The lowest BCUT2D eigenvalue weighted by Crippen LogP contribution is -2.43. The number of ether oxygens (including phenoxy) is 1. The van der Waals surface area contributed by atoms with Crippen LogP contribution >= 0.6 is 0 Å². The van der Waals surface area contributed by atoms with Crippen molar-refractivity contribution in [2.24, 2.45) is 10.8 Å². The molecule has 0 bridgehead atoms. The van der Waals surface area contributed by atoms with Crippen LogP contribution in [-0.4, -0.2) is 13.2 Å². The van der Waals surface area contributed by atoms with Crippen LogP contribution in [0.2, 0.25) is 0 Å². The summed E-state index contributed by atoms with van der Waals surface area (Å²) in [6.07, 6.45) is 14.3. The smallest absolute Gasteiger partial charge is 0.0535 e. The summed E-state index contributed by atoms with van der Waals surface area (Å²) in [5, 5.41) is 0. The average molecular weight is 176 g/mol. The van der Waals surface area contributed by atoms with Crippen LogP contribution in [0, 0.1) is 10.8 Å². The van der Waals surface area contributed by atoms with Gasteiger partial charge in [-0.2, -0.15) is 0 Å². The van der Waals surface area contributed by atoms with Gasteiger partial charge in [-0.1, -0.05) is 24.3 Å². The molecular formula is C12H16O. The second-order valence-corrected chi connectivity index (χ2v) is 4.81. The highest BCUT2D eigenvalue weighted by molar-refractivity contribution is 5.19. The van der Waals surface area contributed by atoms with E-state index in [9.17, 15) is 0 Å². The predicted octanol–water partition coefficient (Wildman–Crippen LogP) is 2.69. The van der Waals surface area contributed by atoms with Gasteiger partial charge in [0.05, 0.1) is 13.2 Å². The van der Waals surface area contributed by atoms with Gasteiger partial charge in [-0.15, -0.1) is 0 Å². The van der Waals surface area contributed by atoms with Gasteiger partial charge in [0.15, 0.2) is 0 Å². The zero-order chi connectivity index (χ0) is 8.78. The molecule has 0 radical (unpaired) electrons. The Morgan fingerprint density at radius 1 is 0.692 bits per heavy atom. The summed E-state index contributed by atoms with van der Waals surface area (Å²) in [7, 11) is 0. The molecule has 3 rings (SSSR count). The van der Waals surface area contributed by atoms with Crippen LogP contribution in [0.3, 0.4) is 0 Å². The lowest BCUT2D eigenvalue weighted by molar-refractivity contribution is 0.0851. The van der Waals surface area contributed by atoms with Crippen LogP contribution in [0.15, 0.2) is 24.3 Å². The van der Waals surface area contributed by atoms with Gasteiger partial charge in [-0.25, -0.2) is 0 Å². The Kier molecular flexibility index (Phi) is 1.49. The zero-order valence-electron chi connectivity index (χ0n) is 7.96. The summed E-state index contributed by atoms with van der Waals surface area (Å²) in [5.41, 5.74) is 0.938. The van der Waals surface area contributed by atoms with Crippen LogP contribution in [0.1, 0.15) is 25.7 Å². The largest absolute Gasteiger partial charge is 0.380 e. The minimum absolute atomic E-state index is 0.469. The summed E-state index contributed by atoms with van der Waals surface area (Å²) in [5.74, 6) is 0. The molecule has 0 unspecified atom stereocenters. The Balaban J connectivity index is 2.07. The van der Waals surface area contributed by atoms with Crippen LogP contribution in [0.5, 0.6) is 0 Å². The molecule has 2 aliphatic carbocycles. The van der Waals surface area contributed by atoms with Crippen LogP contribution < -0.4 is 0 Å². The first-order valence-electron chi connectivity index (χ1n) is 5.25. The van der Waals surface area contributed by atoms with Crippen LogP contribution in [-0.2, 0) is 4.74 Å². The molecule has 0 aromatic carbocycles. The molecule has 0 saturated carbocycles. The van der Waals surface area contributed by atoms with Crippen molar-refractivity contribution in [2.75, 3.05) is 13.2 Å². The molecule has 70 valence electrons. The summed E-state index contributed by atoms with van der Waals surface area (Å²) in [6.45, 7) is 1.98. The maximum atomic E-state index is 5.74. The molecule has 0 aromatic heterocycles. The highest BCUT2D eigenvalue weighted by atomic mass is 16.5. The van der Waals surface area contributed by atoms with E-state index in [0.717, 1.165) is 13.2 Å². The van der Waals surface area contributed by atoms with Crippen molar-refractivity contribution >= 4 is 0 Å². The number of hydrogen-bond acceptors (Lipinski definition) is 1. The highest BCUT2D eigenvalue weighted by Gasteiger charge is 2.55. The summed E-state index contributed by atoms with van der Waals surface area (Å²) in [4.78, 5) is 0. The van der Waals surface area contributed by atoms with Gasteiger partial charge in [0.2, 0.25) is 0 Å². The first-order valence-corrected chi connectivity index (χ1v) is 5.25. The maximum absolute atomic E-state index is 5.74. The van der Waals surface area contributed by atoms with Gasteiger partial charge in [-0.3, -0.25) is 0 Å². The summed E-state index contributed by atoms with van der Waals surface area (Å²) >= 11 is 0. The quantitative estimate of drug-likeness (QED) is 0.516. The fourth-order valence-electron chi connectivity index (χ4n) is 3.25. The third kappa shape index (κ3) is 0.859. The van der Waals surface area contributed by atoms with Gasteiger partial charge < -0.3 is 4.74 Å². The molecule has 1 nitrogen and oxygen atoms in total. The molecule has 0 N–H and O–H groups in total. The normalized spacial score (nSPS) is 47.4. The van der Waals surface area contributed by atoms with E-state index in [1.165, 1.54) is 25.7 Å². The van der Waals surface area contributed by atoms with E-state index in [-0.39, 0.29) is 0 Å². The Labute approximate surface area is 79.5 Å². The number of hydrogen-bond donors (Lipinski definition) is 0. The topological polar surface area (TPSA) is 9.23 Å². The van der Waals surface area contributed by atoms with Gasteiger partial charge in [-0.05, 0) is 25.7 Å². The lowest BCUT2D eigenvalue weighted by Gasteiger charge is -2.47. The van der Waals surface area contributed by atoms with Crippen molar-refractivity contribution < 1.29 is 4.74 Å². The Morgan fingerprint density at radius 2 is 1.08 bits per heavy atom. The minimum Gasteiger partial charge on any atom is -0.380 e. The van der Waals surface area contributed by atoms with E-state index < -0.39 is 0 Å². The van der Waals surface area contributed by atoms with E-state index >= 15 is 0 Å². The van der Waals surface area contributed by atoms with Crippen LogP contribution in [0.4, 0.5) is 0 Å². The van der Waals surface area contributed by atoms with Gasteiger partial charge >= 0.3 is 0 Å². The van der Waals surface area contributed by atoms with E-state index in [0.29, 0.717) is 10.8 Å². The maximum Gasteiger partial charge on any atom is 0.0535 e. The molecule has 0 amide bonds. The molecule has 1 heterocycles. The van der Waals surface area contributed by atoms with Gasteiger partial charge in [0.1, 0.15) is 0 Å². The molecule has 0 atom stereocenters. The molecule has 0 spiro atoms. The molecule has 13 heavy (non-hydrogen) atoms. The van der Waals surface area contributed by atoms with Crippen LogP contribution in [0.25, 0.3) is 0 Å². The Hall–Kier alpha value is -0.560. The molecule has 1 fully saturated rings. The van der Waals surface area contributed by atoms with E-state index in [1.54, 1.807) is 0 Å². The first kappa shape index (κ1) is 7.81. The third-order valence-electron chi connectivity index (χ3n) is 4.25. The SMILES string of the molecule is C1=CCC23CC=CCC2(C1)COC3. The fourth-order valence-corrected chi connectivity index (χ4v) is 3.25. The molecule has 1 saturated heterocycles. The van der Waals surface area contributed by atoms with Gasteiger partial charge in [0, 0.05) is 10.8 Å². The van der Waals surface area contributed by atoms with Gasteiger partial charge in [0.25, 0.3) is 0 Å². The predicted molar refractivity (Wildman–Crippen MR) is 52.4 cm³/mol. The molecule has 3 aliphatic rings. The van der Waals surface area contributed by atoms with E-state index in [4.69, 9.17) is 4.74 Å². The van der Waals surface area contributed by atoms with E-state index in [2.05, 4.69) is 24.3 Å². The van der Waals surface area contributed by atoms with Crippen molar-refractivity contribution in [3.8, 4) is 0 Å². The van der Waals surface area contributed by atoms with E-state index in [1.807, 2.05) is 0 Å². The second kappa shape index (κ2) is 2.48. The van der Waals surface area contributed by atoms with Crippen molar-refractivity contribution in [3.63, 3.8) is 0 Å². The van der Waals surface area contributed by atoms with Crippen molar-refractivity contribution in [2.45, 2.75) is 25.7 Å². The Morgan fingerprint density at radius 3 is 1.46 bits per heavy atom. The third-order valence-corrected chi connectivity index (χ3v) is 4.25. The monoisotopic (exact) mass is 176 g/mol. The lowest BCUT2D eigenvalue weighted by atomic mass is 9.55. The molecule has 1 aliphatic heterocycles. The second-order valence-electron chi connectivity index (χ2n) is 4.81. The molecular weight excluding hydrogens is 160 g/mol. The number of allylic oxidation sites excluding steroid dienone is 4. The minimum atomic E-state index is 0.469. The first-order chi connectivity index (χ1) is 6.37. The van der Waals surface area contributed by atoms with Crippen molar-refractivity contribution in [1.82, 2.24) is 0 Å². The summed E-state index contributed by atoms with van der Waals surface area (Å²) in [6, 6.07) is 0. The van der Waals surface area contributed by atoms with Crippen molar-refractivity contribution in [3.05, 3.63) is 24.3 Å². The standard InChI is InChI=1S/C12H16O/c1-2-6-12-8-4-3-7-11(12,5-1)9-13-10-12/h1-4H,5-10H2. The fraction of sp³-hybridized carbons (Fsp3) is 0.667. The van der Waals surface area contributed by atoms with Crippen molar-refractivity contribution in [1.29, 1.82) is 0 Å². The average Bonchev–Trinajstić information content (AvgIpc) is 2.56.